The smallest absolute Gasteiger partial charge is 0.187 e. The van der Waals surface area contributed by atoms with E-state index in [2.05, 4.69) is 31.3 Å². The summed E-state index contributed by atoms with van der Waals surface area (Å²) in [4.78, 5) is 12.1. The summed E-state index contributed by atoms with van der Waals surface area (Å²) in [6.45, 7) is 6.03. The zero-order valence-electron chi connectivity index (χ0n) is 12.1. The van der Waals surface area contributed by atoms with Gasteiger partial charge in [-0.2, -0.15) is 0 Å². The maximum Gasteiger partial charge on any atom is 0.187 e. The second kappa shape index (κ2) is 6.20. The van der Waals surface area contributed by atoms with Crippen molar-refractivity contribution in [2.45, 2.75) is 20.8 Å². The molecule has 0 atom stereocenters. The minimum absolute atomic E-state index is 0.0142. The van der Waals surface area contributed by atoms with Gasteiger partial charge in [-0.05, 0) is 32.4 Å². The van der Waals surface area contributed by atoms with Crippen LogP contribution in [-0.4, -0.2) is 5.78 Å². The first-order valence-electron chi connectivity index (χ1n) is 6.68. The molecule has 2 nitrogen and oxygen atoms in total. The molecule has 0 unspecified atom stereocenters. The Labute approximate surface area is 120 Å². The third-order valence-electron chi connectivity index (χ3n) is 3.12. The number of ketones is 1. The highest BCUT2D eigenvalue weighted by Crippen LogP contribution is 2.18. The van der Waals surface area contributed by atoms with Crippen molar-refractivity contribution in [3.63, 3.8) is 0 Å². The fraction of sp³-hybridized carbons (Fsp3) is 0.167. The molecule has 0 bridgehead atoms. The van der Waals surface area contributed by atoms with Gasteiger partial charge >= 0.3 is 0 Å². The molecule has 2 rings (SSSR count). The van der Waals surface area contributed by atoms with Crippen molar-refractivity contribution in [3.8, 4) is 0 Å². The van der Waals surface area contributed by atoms with E-state index < -0.39 is 0 Å². The highest BCUT2D eigenvalue weighted by Gasteiger charge is 2.03. The molecule has 2 heteroatoms. The number of aryl methyl sites for hydroxylation is 2. The van der Waals surface area contributed by atoms with Gasteiger partial charge in [0.15, 0.2) is 5.78 Å². The molecule has 0 aliphatic heterocycles. The number of benzene rings is 2. The van der Waals surface area contributed by atoms with Crippen molar-refractivity contribution < 1.29 is 4.79 Å². The van der Waals surface area contributed by atoms with Crippen LogP contribution in [0.5, 0.6) is 0 Å². The average Bonchev–Trinajstić information content (AvgIpc) is 2.43. The van der Waals surface area contributed by atoms with E-state index in [0.29, 0.717) is 5.56 Å². The van der Waals surface area contributed by atoms with Crippen LogP contribution in [0.15, 0.2) is 60.3 Å². The Bertz CT molecular complexity index is 642. The zero-order valence-corrected chi connectivity index (χ0v) is 12.1. The second-order valence-electron chi connectivity index (χ2n) is 5.00. The number of hydrogen-bond acceptors (Lipinski definition) is 2. The van der Waals surface area contributed by atoms with Gasteiger partial charge in [0.05, 0.1) is 0 Å². The number of hydrogen-bond donors (Lipinski definition) is 1. The number of allylic oxidation sites excluding steroid dienone is 2. The summed E-state index contributed by atoms with van der Waals surface area (Å²) >= 11 is 0. The molecule has 0 spiro atoms. The lowest BCUT2D eigenvalue weighted by Gasteiger charge is -2.10. The van der Waals surface area contributed by atoms with Crippen LogP contribution in [-0.2, 0) is 0 Å². The molecule has 2 aromatic rings. The van der Waals surface area contributed by atoms with Gasteiger partial charge in [0.2, 0.25) is 0 Å². The first-order chi connectivity index (χ1) is 9.56. The van der Waals surface area contributed by atoms with Gasteiger partial charge in [-0.25, -0.2) is 0 Å². The number of carbonyl (C=O) groups excluding carboxylic acids is 1. The van der Waals surface area contributed by atoms with Gasteiger partial charge in [-0.15, -0.1) is 0 Å². The lowest BCUT2D eigenvalue weighted by molar-refractivity contribution is 0.104. The third kappa shape index (κ3) is 3.58. The van der Waals surface area contributed by atoms with Crippen LogP contribution < -0.4 is 5.32 Å². The Morgan fingerprint density at radius 1 is 1.05 bits per heavy atom. The predicted octanol–water partition coefficient (Wildman–Crippen LogP) is 4.50. The molecule has 0 amide bonds. The topological polar surface area (TPSA) is 29.1 Å². The van der Waals surface area contributed by atoms with E-state index in [4.69, 9.17) is 0 Å². The average molecular weight is 265 g/mol. The summed E-state index contributed by atoms with van der Waals surface area (Å²) in [6, 6.07) is 15.5. The lowest BCUT2D eigenvalue weighted by Crippen LogP contribution is -2.02. The van der Waals surface area contributed by atoms with Crippen LogP contribution >= 0.6 is 0 Å². The van der Waals surface area contributed by atoms with Gasteiger partial charge < -0.3 is 5.32 Å². The quantitative estimate of drug-likeness (QED) is 0.651. The Balaban J connectivity index is 2.13. The summed E-state index contributed by atoms with van der Waals surface area (Å²) in [6.07, 6.45) is 1.63. The molecule has 0 saturated heterocycles. The fourth-order valence-corrected chi connectivity index (χ4v) is 2.08. The monoisotopic (exact) mass is 265 g/mol. The zero-order chi connectivity index (χ0) is 14.5. The van der Waals surface area contributed by atoms with E-state index in [1.54, 1.807) is 6.08 Å². The highest BCUT2D eigenvalue weighted by molar-refractivity contribution is 6.05. The normalized spacial score (nSPS) is 11.2. The molecule has 0 fully saturated rings. The minimum atomic E-state index is 0.0142. The largest absolute Gasteiger partial charge is 0.359 e. The molecule has 0 aromatic heterocycles. The summed E-state index contributed by atoms with van der Waals surface area (Å²) in [5.74, 6) is 0.0142. The summed E-state index contributed by atoms with van der Waals surface area (Å²) in [5.41, 5.74) is 4.98. The number of carbonyl (C=O) groups is 1. The van der Waals surface area contributed by atoms with Gasteiger partial charge in [0.1, 0.15) is 0 Å². The molecular formula is C18H19NO. The Hall–Kier alpha value is -2.35. The van der Waals surface area contributed by atoms with Crippen molar-refractivity contribution >= 4 is 11.5 Å². The Morgan fingerprint density at radius 3 is 2.40 bits per heavy atom. The predicted molar refractivity (Wildman–Crippen MR) is 84.1 cm³/mol. The van der Waals surface area contributed by atoms with Crippen molar-refractivity contribution in [3.05, 3.63) is 77.0 Å². The van der Waals surface area contributed by atoms with E-state index in [1.807, 2.05) is 43.3 Å². The maximum absolute atomic E-state index is 12.1. The van der Waals surface area contributed by atoms with E-state index in [-0.39, 0.29) is 5.78 Å². The molecule has 102 valence electrons. The Kier molecular flexibility index (Phi) is 4.36. The summed E-state index contributed by atoms with van der Waals surface area (Å²) in [5, 5.41) is 3.28. The first-order valence-corrected chi connectivity index (χ1v) is 6.68. The summed E-state index contributed by atoms with van der Waals surface area (Å²) < 4.78 is 0. The van der Waals surface area contributed by atoms with Gasteiger partial charge in [-0.1, -0.05) is 48.0 Å². The SMILES string of the molecule is CC(=CC(=O)c1ccccc1)Nc1ccc(C)cc1C. The van der Waals surface area contributed by atoms with E-state index in [1.165, 1.54) is 11.1 Å². The van der Waals surface area contributed by atoms with Crippen molar-refractivity contribution in [1.29, 1.82) is 0 Å². The highest BCUT2D eigenvalue weighted by atomic mass is 16.1. The van der Waals surface area contributed by atoms with E-state index >= 15 is 0 Å². The van der Waals surface area contributed by atoms with Crippen molar-refractivity contribution in [1.82, 2.24) is 0 Å². The first kappa shape index (κ1) is 14.1. The Morgan fingerprint density at radius 2 is 1.75 bits per heavy atom. The molecular weight excluding hydrogens is 246 g/mol. The van der Waals surface area contributed by atoms with E-state index in [0.717, 1.165) is 11.4 Å². The van der Waals surface area contributed by atoms with Crippen molar-refractivity contribution in [2.24, 2.45) is 0 Å². The maximum atomic E-state index is 12.1. The molecule has 0 aliphatic rings. The van der Waals surface area contributed by atoms with Gasteiger partial charge in [0.25, 0.3) is 0 Å². The summed E-state index contributed by atoms with van der Waals surface area (Å²) in [7, 11) is 0. The molecule has 0 aliphatic carbocycles. The number of anilines is 1. The van der Waals surface area contributed by atoms with Crippen molar-refractivity contribution in [2.75, 3.05) is 5.32 Å². The van der Waals surface area contributed by atoms with Crippen LogP contribution in [0.1, 0.15) is 28.4 Å². The third-order valence-corrected chi connectivity index (χ3v) is 3.12. The number of nitrogens with one attached hydrogen (secondary N) is 1. The van der Waals surface area contributed by atoms with Crippen LogP contribution in [0, 0.1) is 13.8 Å². The van der Waals surface area contributed by atoms with Crippen LogP contribution in [0.2, 0.25) is 0 Å². The van der Waals surface area contributed by atoms with Crippen LogP contribution in [0.3, 0.4) is 0 Å². The van der Waals surface area contributed by atoms with Crippen LogP contribution in [0.4, 0.5) is 5.69 Å². The van der Waals surface area contributed by atoms with E-state index in [9.17, 15) is 4.79 Å². The molecule has 0 saturated carbocycles. The molecule has 2 aromatic carbocycles. The molecule has 1 N–H and O–H groups in total. The fourth-order valence-electron chi connectivity index (χ4n) is 2.08. The molecule has 0 radical (unpaired) electrons. The molecule has 20 heavy (non-hydrogen) atoms. The minimum Gasteiger partial charge on any atom is -0.359 e. The van der Waals surface area contributed by atoms with Crippen LogP contribution in [0.25, 0.3) is 0 Å². The standard InChI is InChI=1S/C18H19NO/c1-13-9-10-17(14(2)11-13)19-15(3)12-18(20)16-7-5-4-6-8-16/h4-12,19H,1-3H3. The lowest BCUT2D eigenvalue weighted by atomic mass is 10.1. The second-order valence-corrected chi connectivity index (χ2v) is 5.00. The molecule has 0 heterocycles. The number of rotatable bonds is 4. The van der Waals surface area contributed by atoms with Gasteiger partial charge in [-0.3, -0.25) is 4.79 Å². The van der Waals surface area contributed by atoms with Gasteiger partial charge in [0, 0.05) is 23.0 Å².